The summed E-state index contributed by atoms with van der Waals surface area (Å²) < 4.78 is 36.9. The maximum atomic E-state index is 12.8. The van der Waals surface area contributed by atoms with E-state index in [1.807, 2.05) is 0 Å². The minimum atomic E-state index is -3.72. The molecule has 0 aliphatic rings. The van der Waals surface area contributed by atoms with E-state index in [4.69, 9.17) is 9.47 Å². The molecule has 0 spiro atoms. The molecule has 34 heavy (non-hydrogen) atoms. The second kappa shape index (κ2) is 14.0. The van der Waals surface area contributed by atoms with Gasteiger partial charge in [-0.05, 0) is 75.2 Å². The number of carbonyl (C=O) groups is 1. The number of esters is 1. The van der Waals surface area contributed by atoms with E-state index in [9.17, 15) is 18.3 Å². The third-order valence-corrected chi connectivity index (χ3v) is 7.28. The van der Waals surface area contributed by atoms with Gasteiger partial charge in [-0.25, -0.2) is 13.2 Å². The van der Waals surface area contributed by atoms with Crippen LogP contribution in [0.15, 0.2) is 58.3 Å². The summed E-state index contributed by atoms with van der Waals surface area (Å²) in [6.07, 6.45) is 8.87. The highest BCUT2D eigenvalue weighted by Crippen LogP contribution is 2.25. The normalized spacial score (nSPS) is 12.5. The van der Waals surface area contributed by atoms with E-state index < -0.39 is 21.9 Å². The highest BCUT2D eigenvalue weighted by atomic mass is 32.2. The van der Waals surface area contributed by atoms with E-state index in [-0.39, 0.29) is 21.6 Å². The molecule has 0 saturated carbocycles. The van der Waals surface area contributed by atoms with Gasteiger partial charge in [0.2, 0.25) is 9.84 Å². The second-order valence-corrected chi connectivity index (χ2v) is 10.8. The van der Waals surface area contributed by atoms with Gasteiger partial charge in [0.05, 0.1) is 15.9 Å². The number of unbranched alkanes of at least 4 members (excludes halogenated alkanes) is 7. The molecular formula is C27H38O6S. The molecule has 0 aliphatic heterocycles. The fourth-order valence-corrected chi connectivity index (χ4v) is 4.88. The van der Waals surface area contributed by atoms with Crippen LogP contribution in [0.25, 0.3) is 0 Å². The van der Waals surface area contributed by atoms with Crippen molar-refractivity contribution in [1.29, 1.82) is 0 Å². The Morgan fingerprint density at radius 2 is 1.32 bits per heavy atom. The molecule has 0 radical (unpaired) electrons. The van der Waals surface area contributed by atoms with E-state index in [2.05, 4.69) is 6.92 Å². The molecule has 1 N–H and O–H groups in total. The third-order valence-electron chi connectivity index (χ3n) is 5.49. The molecule has 0 bridgehead atoms. The van der Waals surface area contributed by atoms with Gasteiger partial charge in [0.25, 0.3) is 0 Å². The lowest BCUT2D eigenvalue weighted by Crippen LogP contribution is -2.31. The zero-order valence-corrected chi connectivity index (χ0v) is 21.4. The standard InChI is InChI=1S/C27H38O6S/c1-4-5-6-7-8-9-10-11-12-26(27(29)32-21(2)3)33-23-15-19-25(20-16-23)34(30,31)24-17-13-22(28)14-18-24/h13-21,26,28H,4-12H2,1-3H3. The summed E-state index contributed by atoms with van der Waals surface area (Å²) in [6, 6.07) is 11.4. The number of phenolic OH excluding ortho intramolecular Hbond substituents is 1. The zero-order chi connectivity index (χ0) is 25.0. The first-order chi connectivity index (χ1) is 16.2. The maximum Gasteiger partial charge on any atom is 0.347 e. The maximum absolute atomic E-state index is 12.8. The lowest BCUT2D eigenvalue weighted by atomic mass is 10.1. The van der Waals surface area contributed by atoms with E-state index >= 15 is 0 Å². The smallest absolute Gasteiger partial charge is 0.347 e. The van der Waals surface area contributed by atoms with Crippen LogP contribution in [0.3, 0.4) is 0 Å². The molecule has 188 valence electrons. The number of rotatable bonds is 15. The molecule has 2 aromatic carbocycles. The van der Waals surface area contributed by atoms with Crippen molar-refractivity contribution in [2.24, 2.45) is 0 Å². The summed E-state index contributed by atoms with van der Waals surface area (Å²) in [5, 5.41) is 9.40. The van der Waals surface area contributed by atoms with E-state index in [1.165, 1.54) is 68.5 Å². The minimum absolute atomic E-state index is 0.00137. The molecule has 2 aromatic rings. The Morgan fingerprint density at radius 1 is 0.824 bits per heavy atom. The van der Waals surface area contributed by atoms with E-state index in [0.29, 0.717) is 12.2 Å². The lowest BCUT2D eigenvalue weighted by Gasteiger charge is -2.19. The summed E-state index contributed by atoms with van der Waals surface area (Å²) in [5.74, 6) is 0.00665. The van der Waals surface area contributed by atoms with Crippen molar-refractivity contribution in [3.63, 3.8) is 0 Å². The molecule has 0 heterocycles. The number of carbonyl (C=O) groups excluding carboxylic acids is 1. The molecule has 1 unspecified atom stereocenters. The van der Waals surface area contributed by atoms with Gasteiger partial charge in [0, 0.05) is 0 Å². The summed E-state index contributed by atoms with van der Waals surface area (Å²) in [4.78, 5) is 12.8. The molecule has 7 heteroatoms. The van der Waals surface area contributed by atoms with Gasteiger partial charge in [0.15, 0.2) is 6.10 Å². The van der Waals surface area contributed by atoms with Crippen molar-refractivity contribution in [3.8, 4) is 11.5 Å². The molecule has 6 nitrogen and oxygen atoms in total. The van der Waals surface area contributed by atoms with Gasteiger partial charge in [-0.3, -0.25) is 0 Å². The van der Waals surface area contributed by atoms with Crippen LogP contribution in [-0.2, 0) is 19.4 Å². The number of sulfone groups is 1. The topological polar surface area (TPSA) is 89.9 Å². The van der Waals surface area contributed by atoms with Gasteiger partial charge in [-0.2, -0.15) is 0 Å². The Morgan fingerprint density at radius 3 is 1.85 bits per heavy atom. The van der Waals surface area contributed by atoms with Gasteiger partial charge >= 0.3 is 5.97 Å². The van der Waals surface area contributed by atoms with Crippen molar-refractivity contribution in [2.75, 3.05) is 0 Å². The summed E-state index contributed by atoms with van der Waals surface area (Å²) in [6.45, 7) is 5.81. The van der Waals surface area contributed by atoms with Crippen LogP contribution in [-0.4, -0.2) is 31.7 Å². The quantitative estimate of drug-likeness (QED) is 0.228. The molecule has 0 fully saturated rings. The number of ether oxygens (including phenoxy) is 2. The van der Waals surface area contributed by atoms with Crippen molar-refractivity contribution in [2.45, 2.75) is 101 Å². The second-order valence-electron chi connectivity index (χ2n) is 8.82. The van der Waals surface area contributed by atoms with Crippen LogP contribution < -0.4 is 4.74 Å². The largest absolute Gasteiger partial charge is 0.508 e. The number of benzene rings is 2. The van der Waals surface area contributed by atoms with Crippen LogP contribution >= 0.6 is 0 Å². The predicted octanol–water partition coefficient (Wildman–Crippen LogP) is 6.45. The molecule has 0 aromatic heterocycles. The Kier molecular flexibility index (Phi) is 11.4. The summed E-state index contributed by atoms with van der Waals surface area (Å²) in [7, 11) is -3.72. The summed E-state index contributed by atoms with van der Waals surface area (Å²) in [5.41, 5.74) is 0. The van der Waals surface area contributed by atoms with Gasteiger partial charge < -0.3 is 14.6 Å². The average molecular weight is 491 g/mol. The Labute approximate surface area is 204 Å². The molecule has 2 rings (SSSR count). The van der Waals surface area contributed by atoms with Crippen LogP contribution in [0.4, 0.5) is 0 Å². The first-order valence-electron chi connectivity index (χ1n) is 12.3. The van der Waals surface area contributed by atoms with E-state index in [0.717, 1.165) is 19.3 Å². The first-order valence-corrected chi connectivity index (χ1v) is 13.7. The van der Waals surface area contributed by atoms with Crippen LogP contribution in [0.2, 0.25) is 0 Å². The Bertz CT molecular complexity index is 965. The fraction of sp³-hybridized carbons (Fsp3) is 0.519. The fourth-order valence-electron chi connectivity index (χ4n) is 3.62. The van der Waals surface area contributed by atoms with Crippen molar-refractivity contribution >= 4 is 15.8 Å². The Balaban J connectivity index is 1.99. The van der Waals surface area contributed by atoms with Gasteiger partial charge in [-0.1, -0.05) is 51.9 Å². The molecule has 0 aliphatic carbocycles. The highest BCUT2D eigenvalue weighted by Gasteiger charge is 2.24. The van der Waals surface area contributed by atoms with Gasteiger partial charge in [0.1, 0.15) is 11.5 Å². The number of aromatic hydroxyl groups is 1. The molecule has 0 amide bonds. The monoisotopic (exact) mass is 490 g/mol. The van der Waals surface area contributed by atoms with Crippen LogP contribution in [0.1, 0.15) is 78.6 Å². The first kappa shape index (κ1) is 27.7. The van der Waals surface area contributed by atoms with Crippen molar-refractivity contribution in [1.82, 2.24) is 0 Å². The van der Waals surface area contributed by atoms with Gasteiger partial charge in [-0.15, -0.1) is 0 Å². The Hall–Kier alpha value is -2.54. The number of phenols is 1. The van der Waals surface area contributed by atoms with E-state index in [1.54, 1.807) is 26.0 Å². The highest BCUT2D eigenvalue weighted by molar-refractivity contribution is 7.91. The van der Waals surface area contributed by atoms with Crippen molar-refractivity contribution in [3.05, 3.63) is 48.5 Å². The number of hydrogen-bond donors (Lipinski definition) is 1. The predicted molar refractivity (Wildman–Crippen MR) is 133 cm³/mol. The summed E-state index contributed by atoms with van der Waals surface area (Å²) >= 11 is 0. The average Bonchev–Trinajstić information content (AvgIpc) is 2.80. The lowest BCUT2D eigenvalue weighted by molar-refractivity contribution is -0.156. The number of hydrogen-bond acceptors (Lipinski definition) is 6. The van der Waals surface area contributed by atoms with Crippen LogP contribution in [0, 0.1) is 0 Å². The van der Waals surface area contributed by atoms with Crippen LogP contribution in [0.5, 0.6) is 11.5 Å². The molecular weight excluding hydrogens is 452 g/mol. The zero-order valence-electron chi connectivity index (χ0n) is 20.5. The molecule has 0 saturated heterocycles. The van der Waals surface area contributed by atoms with Crippen molar-refractivity contribution < 1.29 is 27.8 Å². The minimum Gasteiger partial charge on any atom is -0.508 e. The third kappa shape index (κ3) is 9.01. The molecule has 1 atom stereocenters. The SMILES string of the molecule is CCCCCCCCCCC(Oc1ccc(S(=O)(=O)c2ccc(O)cc2)cc1)C(=O)OC(C)C.